The van der Waals surface area contributed by atoms with Gasteiger partial charge in [-0.2, -0.15) is 0 Å². The van der Waals surface area contributed by atoms with Crippen molar-refractivity contribution in [2.45, 2.75) is 6.42 Å². The van der Waals surface area contributed by atoms with Crippen molar-refractivity contribution < 1.29 is 4.79 Å². The highest BCUT2D eigenvalue weighted by molar-refractivity contribution is 6.00. The molecule has 0 N–H and O–H groups in total. The van der Waals surface area contributed by atoms with Gasteiger partial charge in [-0.3, -0.25) is 14.6 Å². The van der Waals surface area contributed by atoms with Gasteiger partial charge in [0.05, 0.1) is 0 Å². The van der Waals surface area contributed by atoms with Gasteiger partial charge in [0.15, 0.2) is 0 Å². The fourth-order valence-electron chi connectivity index (χ4n) is 3.83. The number of carbonyl (C=O) groups excluding carboxylic acids is 1. The molecule has 3 aromatic rings. The summed E-state index contributed by atoms with van der Waals surface area (Å²) in [6, 6.07) is 30.4. The fourth-order valence-corrected chi connectivity index (χ4v) is 3.83. The van der Waals surface area contributed by atoms with Crippen molar-refractivity contribution in [1.29, 1.82) is 0 Å². The summed E-state index contributed by atoms with van der Waals surface area (Å²) >= 11 is 0. The molecule has 1 aliphatic heterocycles. The normalized spacial score (nSPS) is 14.6. The standard InChI is InChI=1S/C25H27N3O/c29-25(28(23-12-6-2-7-13-23)24-14-8-3-9-15-24)16-17-26-18-20-27(21-19-26)22-10-4-1-5-11-22/h1-15H,16-21H2. The molecule has 0 spiro atoms. The maximum absolute atomic E-state index is 13.2. The zero-order chi connectivity index (χ0) is 19.9. The maximum atomic E-state index is 13.2. The van der Waals surface area contributed by atoms with Gasteiger partial charge < -0.3 is 4.90 Å². The van der Waals surface area contributed by atoms with Gasteiger partial charge in [-0.25, -0.2) is 0 Å². The highest BCUT2D eigenvalue weighted by Gasteiger charge is 2.21. The SMILES string of the molecule is O=C(CCN1CCN(c2ccccc2)CC1)N(c1ccccc1)c1ccccc1. The molecule has 3 aromatic carbocycles. The van der Waals surface area contributed by atoms with Crippen molar-refractivity contribution in [3.05, 3.63) is 91.0 Å². The van der Waals surface area contributed by atoms with Gasteiger partial charge in [-0.05, 0) is 36.4 Å². The van der Waals surface area contributed by atoms with Crippen molar-refractivity contribution in [3.63, 3.8) is 0 Å². The highest BCUT2D eigenvalue weighted by Crippen LogP contribution is 2.26. The summed E-state index contributed by atoms with van der Waals surface area (Å²) in [7, 11) is 0. The number of benzene rings is 3. The smallest absolute Gasteiger partial charge is 0.232 e. The summed E-state index contributed by atoms with van der Waals surface area (Å²) in [5.41, 5.74) is 3.11. The third-order valence-electron chi connectivity index (χ3n) is 5.41. The zero-order valence-electron chi connectivity index (χ0n) is 16.7. The Kier molecular flexibility index (Phi) is 6.22. The number of para-hydroxylation sites is 3. The van der Waals surface area contributed by atoms with Gasteiger partial charge in [0.1, 0.15) is 0 Å². The Labute approximate surface area is 173 Å². The predicted molar refractivity (Wildman–Crippen MR) is 120 cm³/mol. The van der Waals surface area contributed by atoms with E-state index in [1.165, 1.54) is 5.69 Å². The van der Waals surface area contributed by atoms with Gasteiger partial charge >= 0.3 is 0 Å². The predicted octanol–water partition coefficient (Wildman–Crippen LogP) is 4.56. The molecule has 0 unspecified atom stereocenters. The molecular formula is C25H27N3O. The first kappa shape index (κ1) is 19.2. The van der Waals surface area contributed by atoms with E-state index < -0.39 is 0 Å². The van der Waals surface area contributed by atoms with E-state index in [-0.39, 0.29) is 5.91 Å². The van der Waals surface area contributed by atoms with E-state index >= 15 is 0 Å². The van der Waals surface area contributed by atoms with Crippen LogP contribution in [0.15, 0.2) is 91.0 Å². The number of nitrogens with zero attached hydrogens (tertiary/aromatic N) is 3. The van der Waals surface area contributed by atoms with E-state index in [4.69, 9.17) is 0 Å². The topological polar surface area (TPSA) is 26.8 Å². The van der Waals surface area contributed by atoms with Crippen LogP contribution in [0.1, 0.15) is 6.42 Å². The molecular weight excluding hydrogens is 358 g/mol. The first-order valence-corrected chi connectivity index (χ1v) is 10.3. The van der Waals surface area contributed by atoms with Crippen LogP contribution in [0.4, 0.5) is 17.1 Å². The lowest BCUT2D eigenvalue weighted by Gasteiger charge is -2.36. The van der Waals surface area contributed by atoms with Gasteiger partial charge in [0.25, 0.3) is 0 Å². The summed E-state index contributed by atoms with van der Waals surface area (Å²) in [5, 5.41) is 0. The van der Waals surface area contributed by atoms with Crippen LogP contribution in [0.25, 0.3) is 0 Å². The molecule has 4 nitrogen and oxygen atoms in total. The molecule has 29 heavy (non-hydrogen) atoms. The monoisotopic (exact) mass is 385 g/mol. The fraction of sp³-hybridized carbons (Fsp3) is 0.240. The van der Waals surface area contributed by atoms with Crippen molar-refractivity contribution in [2.75, 3.05) is 42.5 Å². The summed E-state index contributed by atoms with van der Waals surface area (Å²) < 4.78 is 0. The average molecular weight is 386 g/mol. The molecule has 0 atom stereocenters. The van der Waals surface area contributed by atoms with E-state index in [9.17, 15) is 4.79 Å². The molecule has 4 rings (SSSR count). The molecule has 1 heterocycles. The summed E-state index contributed by atoms with van der Waals surface area (Å²) in [4.78, 5) is 19.8. The first-order chi connectivity index (χ1) is 14.3. The third kappa shape index (κ3) is 4.84. The summed E-state index contributed by atoms with van der Waals surface area (Å²) in [6.07, 6.45) is 0.509. The number of amides is 1. The van der Waals surface area contributed by atoms with E-state index in [0.29, 0.717) is 6.42 Å². The van der Waals surface area contributed by atoms with Gasteiger partial charge in [-0.1, -0.05) is 54.6 Å². The minimum atomic E-state index is 0.132. The molecule has 0 bridgehead atoms. The summed E-state index contributed by atoms with van der Waals surface area (Å²) in [6.45, 7) is 4.76. The Morgan fingerprint density at radius 2 is 1.17 bits per heavy atom. The van der Waals surface area contributed by atoms with Crippen LogP contribution >= 0.6 is 0 Å². The van der Waals surface area contributed by atoms with Crippen LogP contribution in [0.5, 0.6) is 0 Å². The molecule has 0 saturated carbocycles. The molecule has 1 amide bonds. The number of carbonyl (C=O) groups is 1. The Bertz CT molecular complexity index is 852. The van der Waals surface area contributed by atoms with Crippen LogP contribution in [0.2, 0.25) is 0 Å². The second kappa shape index (κ2) is 9.39. The number of piperazine rings is 1. The Morgan fingerprint density at radius 1 is 0.690 bits per heavy atom. The maximum Gasteiger partial charge on any atom is 0.232 e. The second-order valence-corrected chi connectivity index (χ2v) is 7.31. The average Bonchev–Trinajstić information content (AvgIpc) is 2.80. The third-order valence-corrected chi connectivity index (χ3v) is 5.41. The number of rotatable bonds is 6. The number of hydrogen-bond acceptors (Lipinski definition) is 3. The molecule has 0 aliphatic carbocycles. The number of anilines is 3. The van der Waals surface area contributed by atoms with Crippen LogP contribution in [-0.4, -0.2) is 43.5 Å². The quantitative estimate of drug-likeness (QED) is 0.622. The van der Waals surface area contributed by atoms with E-state index in [1.54, 1.807) is 0 Å². The minimum absolute atomic E-state index is 0.132. The van der Waals surface area contributed by atoms with E-state index in [1.807, 2.05) is 65.6 Å². The first-order valence-electron chi connectivity index (χ1n) is 10.3. The minimum Gasteiger partial charge on any atom is -0.369 e. The van der Waals surface area contributed by atoms with Crippen LogP contribution < -0.4 is 9.80 Å². The second-order valence-electron chi connectivity index (χ2n) is 7.31. The van der Waals surface area contributed by atoms with Gasteiger partial charge in [0.2, 0.25) is 5.91 Å². The van der Waals surface area contributed by atoms with Crippen molar-refractivity contribution in [1.82, 2.24) is 4.90 Å². The van der Waals surface area contributed by atoms with Gasteiger partial charge in [0, 0.05) is 56.2 Å². The molecule has 0 radical (unpaired) electrons. The zero-order valence-corrected chi connectivity index (χ0v) is 16.7. The molecule has 1 aliphatic rings. The van der Waals surface area contributed by atoms with Crippen LogP contribution in [-0.2, 0) is 4.79 Å². The Hall–Kier alpha value is -3.11. The number of hydrogen-bond donors (Lipinski definition) is 0. The van der Waals surface area contributed by atoms with Crippen molar-refractivity contribution in [3.8, 4) is 0 Å². The molecule has 1 fully saturated rings. The lowest BCUT2D eigenvalue weighted by Crippen LogP contribution is -2.47. The highest BCUT2D eigenvalue weighted by atomic mass is 16.2. The van der Waals surface area contributed by atoms with Crippen LogP contribution in [0.3, 0.4) is 0 Å². The Balaban J connectivity index is 1.37. The van der Waals surface area contributed by atoms with E-state index in [0.717, 1.165) is 44.1 Å². The molecule has 4 heteroatoms. The van der Waals surface area contributed by atoms with E-state index in [2.05, 4.69) is 40.1 Å². The molecule has 1 saturated heterocycles. The van der Waals surface area contributed by atoms with Crippen molar-refractivity contribution >= 4 is 23.0 Å². The molecule has 0 aromatic heterocycles. The van der Waals surface area contributed by atoms with Crippen molar-refractivity contribution in [2.24, 2.45) is 0 Å². The summed E-state index contributed by atoms with van der Waals surface area (Å²) in [5.74, 6) is 0.132. The lowest BCUT2D eigenvalue weighted by atomic mass is 10.2. The van der Waals surface area contributed by atoms with Gasteiger partial charge in [-0.15, -0.1) is 0 Å². The lowest BCUT2D eigenvalue weighted by molar-refractivity contribution is -0.118. The Morgan fingerprint density at radius 3 is 1.69 bits per heavy atom. The van der Waals surface area contributed by atoms with Crippen LogP contribution in [0, 0.1) is 0 Å². The molecule has 148 valence electrons. The largest absolute Gasteiger partial charge is 0.369 e.